The van der Waals surface area contributed by atoms with Gasteiger partial charge in [0.05, 0.1) is 6.61 Å². The molecule has 1 amide bonds. The molecule has 1 rings (SSSR count). The van der Waals surface area contributed by atoms with Crippen LogP contribution in [0.3, 0.4) is 0 Å². The number of halogens is 1. The smallest absolute Gasteiger partial charge is 0.222 e. The second-order valence-corrected chi connectivity index (χ2v) is 9.59. The molecule has 0 aliphatic heterocycles. The molecule has 7 heteroatoms. The summed E-state index contributed by atoms with van der Waals surface area (Å²) in [5, 5.41) is 2.69. The average molecular weight is 483 g/mol. The lowest BCUT2D eigenvalue weighted by atomic mass is 9.95. The summed E-state index contributed by atoms with van der Waals surface area (Å²) in [7, 11) is 1.64. The van der Waals surface area contributed by atoms with Gasteiger partial charge in [0.15, 0.2) is 11.6 Å². The number of unbranched alkanes of at least 4 members (excludes halogenated alkanes) is 2. The normalized spacial score (nSPS) is 13.8. The molecule has 3 unspecified atom stereocenters. The second-order valence-electron chi connectivity index (χ2n) is 8.66. The van der Waals surface area contributed by atoms with Crippen LogP contribution < -0.4 is 14.8 Å². The molecule has 2 N–H and O–H groups in total. The first-order chi connectivity index (χ1) is 16.0. The predicted octanol–water partition coefficient (Wildman–Crippen LogP) is 6.23. The number of aldehydes is 1. The van der Waals surface area contributed by atoms with E-state index in [-0.39, 0.29) is 23.7 Å². The van der Waals surface area contributed by atoms with Gasteiger partial charge >= 0.3 is 0 Å². The molecule has 0 bridgehead atoms. The van der Waals surface area contributed by atoms with Crippen LogP contribution in [0.15, 0.2) is 18.2 Å². The molecule has 0 aliphatic carbocycles. The van der Waals surface area contributed by atoms with Crippen LogP contribution in [0.4, 0.5) is 4.39 Å². The minimum absolute atomic E-state index is 0.0277. The van der Waals surface area contributed by atoms with Crippen LogP contribution in [0, 0.1) is 17.7 Å². The summed E-state index contributed by atoms with van der Waals surface area (Å²) in [5.74, 6) is 1.40. The zero-order chi connectivity index (χ0) is 24.5. The largest absolute Gasteiger partial charge is 0.490 e. The van der Waals surface area contributed by atoms with Crippen molar-refractivity contribution in [3.8, 4) is 5.75 Å². The van der Waals surface area contributed by atoms with Gasteiger partial charge < -0.3 is 14.8 Å². The van der Waals surface area contributed by atoms with E-state index >= 15 is 0 Å². The fourth-order valence-corrected chi connectivity index (χ4v) is 4.65. The molecule has 1 aromatic carbocycles. The Kier molecular flexibility index (Phi) is 15.9. The van der Waals surface area contributed by atoms with Gasteiger partial charge in [-0.15, -0.1) is 0 Å². The summed E-state index contributed by atoms with van der Waals surface area (Å²) >= 11 is 1.67. The van der Waals surface area contributed by atoms with Crippen molar-refractivity contribution in [1.82, 2.24) is 10.0 Å². The van der Waals surface area contributed by atoms with Crippen molar-refractivity contribution in [3.63, 3.8) is 0 Å². The third kappa shape index (κ3) is 11.9. The number of rotatable bonds is 19. The molecule has 3 atom stereocenters. The van der Waals surface area contributed by atoms with Gasteiger partial charge in [-0.05, 0) is 56.2 Å². The van der Waals surface area contributed by atoms with Crippen molar-refractivity contribution in [3.05, 3.63) is 29.6 Å². The molecule has 0 spiro atoms. The molecule has 188 valence electrons. The highest BCUT2D eigenvalue weighted by molar-refractivity contribution is 7.97. The van der Waals surface area contributed by atoms with Gasteiger partial charge in [-0.25, -0.2) is 4.39 Å². The van der Waals surface area contributed by atoms with Crippen LogP contribution in [0.5, 0.6) is 5.75 Å². The van der Waals surface area contributed by atoms with Gasteiger partial charge in [0.1, 0.15) is 6.29 Å². The van der Waals surface area contributed by atoms with Crippen molar-refractivity contribution >= 4 is 24.1 Å². The Bertz CT molecular complexity index is 690. The molecule has 1 aromatic rings. The van der Waals surface area contributed by atoms with Gasteiger partial charge in [0.25, 0.3) is 0 Å². The highest BCUT2D eigenvalue weighted by Crippen LogP contribution is 2.25. The minimum atomic E-state index is -0.312. The maximum Gasteiger partial charge on any atom is 0.222 e. The quantitative estimate of drug-likeness (QED) is 0.139. The van der Waals surface area contributed by atoms with Gasteiger partial charge in [-0.3, -0.25) is 9.52 Å². The summed E-state index contributed by atoms with van der Waals surface area (Å²) in [6.45, 7) is 6.92. The summed E-state index contributed by atoms with van der Waals surface area (Å²) in [6, 6.07) is 5.19. The summed E-state index contributed by atoms with van der Waals surface area (Å²) in [6.07, 6.45) is 9.06. The number of carbonyl (C=O) groups excluding carboxylic acids is 2. The number of amides is 1. The fourth-order valence-electron chi connectivity index (χ4n) is 3.79. The van der Waals surface area contributed by atoms with Gasteiger partial charge in [0.2, 0.25) is 5.91 Å². The van der Waals surface area contributed by atoms with E-state index in [1.807, 2.05) is 12.1 Å². The van der Waals surface area contributed by atoms with Crippen molar-refractivity contribution < 1.29 is 18.7 Å². The van der Waals surface area contributed by atoms with E-state index in [0.717, 1.165) is 62.5 Å². The zero-order valence-electron chi connectivity index (χ0n) is 20.8. The van der Waals surface area contributed by atoms with E-state index in [2.05, 4.69) is 30.8 Å². The van der Waals surface area contributed by atoms with Crippen molar-refractivity contribution in [1.29, 1.82) is 0 Å². The minimum Gasteiger partial charge on any atom is -0.490 e. The molecule has 5 nitrogen and oxygen atoms in total. The maximum absolute atomic E-state index is 14.2. The molecule has 0 heterocycles. The number of hydrogen-bond donors (Lipinski definition) is 2. The average Bonchev–Trinajstić information content (AvgIpc) is 2.83. The molecule has 0 radical (unpaired) electrons. The fraction of sp³-hybridized carbons (Fsp3) is 0.692. The Morgan fingerprint density at radius 3 is 2.64 bits per heavy atom. The van der Waals surface area contributed by atoms with Crippen LogP contribution >= 0.6 is 11.9 Å². The van der Waals surface area contributed by atoms with E-state index in [0.29, 0.717) is 31.1 Å². The standard InChI is InChI=1S/C26H43FN2O3S/c1-5-11-21(6-2)19-32-25-18-23(14-15-24(25)27)20(3)29-33-17-9-7-8-12-22(13-10-16-30)26(31)28-4/h14-16,18,20-22,29H,5-13,17,19H2,1-4H3,(H,28,31). The molecule has 0 fully saturated rings. The van der Waals surface area contributed by atoms with E-state index in [1.54, 1.807) is 19.0 Å². The van der Waals surface area contributed by atoms with Gasteiger partial charge in [-0.1, -0.05) is 57.5 Å². The lowest BCUT2D eigenvalue weighted by Gasteiger charge is -2.18. The second kappa shape index (κ2) is 17.8. The maximum atomic E-state index is 14.2. The number of benzene rings is 1. The van der Waals surface area contributed by atoms with Gasteiger partial charge in [-0.2, -0.15) is 0 Å². The third-order valence-electron chi connectivity index (χ3n) is 6.01. The monoisotopic (exact) mass is 482 g/mol. The third-order valence-corrected chi connectivity index (χ3v) is 7.03. The topological polar surface area (TPSA) is 67.4 Å². The Morgan fingerprint density at radius 1 is 1.18 bits per heavy atom. The van der Waals surface area contributed by atoms with E-state index in [4.69, 9.17) is 4.74 Å². The Balaban J connectivity index is 2.36. The summed E-state index contributed by atoms with van der Waals surface area (Å²) in [5.41, 5.74) is 1.01. The molecule has 0 saturated heterocycles. The van der Waals surface area contributed by atoms with Crippen molar-refractivity contribution in [2.24, 2.45) is 11.8 Å². The molecular formula is C26H43FN2O3S. The number of hydrogen-bond acceptors (Lipinski definition) is 5. The van der Waals surface area contributed by atoms with E-state index in [9.17, 15) is 14.0 Å². The Morgan fingerprint density at radius 2 is 1.97 bits per heavy atom. The van der Waals surface area contributed by atoms with E-state index in [1.165, 1.54) is 6.07 Å². The molecular weight excluding hydrogens is 439 g/mol. The van der Waals surface area contributed by atoms with Gasteiger partial charge in [0, 0.05) is 31.2 Å². The lowest BCUT2D eigenvalue weighted by molar-refractivity contribution is -0.125. The van der Waals surface area contributed by atoms with Crippen LogP contribution in [0.25, 0.3) is 0 Å². The number of carbonyl (C=O) groups is 2. The first-order valence-corrected chi connectivity index (χ1v) is 13.4. The summed E-state index contributed by atoms with van der Waals surface area (Å²) < 4.78 is 23.5. The van der Waals surface area contributed by atoms with Crippen LogP contribution in [-0.2, 0) is 9.59 Å². The van der Waals surface area contributed by atoms with Crippen molar-refractivity contribution in [2.75, 3.05) is 19.4 Å². The first-order valence-electron chi connectivity index (χ1n) is 12.4. The highest BCUT2D eigenvalue weighted by atomic mass is 32.2. The number of nitrogens with one attached hydrogen (secondary N) is 2. The van der Waals surface area contributed by atoms with Crippen LogP contribution in [0.2, 0.25) is 0 Å². The molecule has 0 saturated carbocycles. The molecule has 0 aliphatic rings. The first kappa shape index (κ1) is 29.4. The Hall–Kier alpha value is -1.60. The highest BCUT2D eigenvalue weighted by Gasteiger charge is 2.16. The molecule has 33 heavy (non-hydrogen) atoms. The van der Waals surface area contributed by atoms with E-state index < -0.39 is 0 Å². The van der Waals surface area contributed by atoms with Crippen LogP contribution in [-0.4, -0.2) is 31.6 Å². The summed E-state index contributed by atoms with van der Waals surface area (Å²) in [4.78, 5) is 22.5. The van der Waals surface area contributed by atoms with Crippen LogP contribution in [0.1, 0.15) is 90.2 Å². The SMILES string of the molecule is CCCC(CC)COc1cc(C(C)NSCCCCCC(CCC=O)C(=O)NC)ccc1F. The lowest BCUT2D eigenvalue weighted by Crippen LogP contribution is -2.27. The number of ether oxygens (including phenoxy) is 1. The zero-order valence-corrected chi connectivity index (χ0v) is 21.6. The Labute approximate surface area is 204 Å². The predicted molar refractivity (Wildman–Crippen MR) is 136 cm³/mol. The van der Waals surface area contributed by atoms with Crippen molar-refractivity contribution in [2.45, 2.75) is 84.6 Å². The molecule has 0 aromatic heterocycles.